The Balaban J connectivity index is 2.51. The molecule has 0 aliphatic heterocycles. The Morgan fingerprint density at radius 2 is 1.67 bits per heavy atom. The molecule has 198 valence electrons. The molecule has 0 spiro atoms. The highest BCUT2D eigenvalue weighted by molar-refractivity contribution is 7.92. The van der Waals surface area contributed by atoms with Gasteiger partial charge in [-0.15, -0.1) is 0 Å². The van der Waals surface area contributed by atoms with Crippen LogP contribution in [-0.4, -0.2) is 50.5 Å². The average molecular weight is 568 g/mol. The summed E-state index contributed by atoms with van der Waals surface area (Å²) in [7, 11) is -4.21. The topological polar surface area (TPSA) is 86.8 Å². The van der Waals surface area contributed by atoms with Crippen molar-refractivity contribution in [3.05, 3.63) is 63.6 Å². The Morgan fingerprint density at radius 1 is 1.06 bits per heavy atom. The fourth-order valence-corrected chi connectivity index (χ4v) is 4.69. The van der Waals surface area contributed by atoms with Gasteiger partial charge < -0.3 is 10.2 Å². The molecule has 36 heavy (non-hydrogen) atoms. The number of likely N-dealkylation sites (N-methyl/N-ethyl adjacent to an activating group) is 1. The van der Waals surface area contributed by atoms with Gasteiger partial charge in [0.25, 0.3) is 0 Å². The van der Waals surface area contributed by atoms with Crippen LogP contribution < -0.4 is 9.62 Å². The van der Waals surface area contributed by atoms with Gasteiger partial charge in [-0.3, -0.25) is 13.9 Å². The number of carbonyl (C=O) groups excluding carboxylic acids is 2. The van der Waals surface area contributed by atoms with E-state index in [0.717, 1.165) is 18.4 Å². The van der Waals surface area contributed by atoms with Crippen molar-refractivity contribution >= 4 is 50.7 Å². The molecule has 0 unspecified atom stereocenters. The van der Waals surface area contributed by atoms with Crippen LogP contribution in [0.5, 0.6) is 0 Å². The van der Waals surface area contributed by atoms with Crippen molar-refractivity contribution in [3.8, 4) is 0 Å². The number of amides is 2. The lowest BCUT2D eigenvalue weighted by Gasteiger charge is -2.33. The zero-order valence-electron chi connectivity index (χ0n) is 19.8. The van der Waals surface area contributed by atoms with E-state index in [1.54, 1.807) is 38.1 Å². The van der Waals surface area contributed by atoms with Gasteiger partial charge in [0.1, 0.15) is 12.6 Å². The summed E-state index contributed by atoms with van der Waals surface area (Å²) in [5.41, 5.74) is -1.01. The number of alkyl halides is 3. The summed E-state index contributed by atoms with van der Waals surface area (Å²) in [6, 6.07) is 8.11. The van der Waals surface area contributed by atoms with Gasteiger partial charge in [0, 0.05) is 18.1 Å². The number of nitrogens with one attached hydrogen (secondary N) is 1. The molecule has 0 aliphatic rings. The van der Waals surface area contributed by atoms with Gasteiger partial charge in [-0.25, -0.2) is 8.42 Å². The first-order valence-electron chi connectivity index (χ1n) is 10.8. The molecule has 0 aromatic heterocycles. The third-order valence-corrected chi connectivity index (χ3v) is 6.95. The van der Waals surface area contributed by atoms with E-state index in [4.69, 9.17) is 23.2 Å². The van der Waals surface area contributed by atoms with Gasteiger partial charge in [0.15, 0.2) is 0 Å². The molecule has 2 aromatic carbocycles. The van der Waals surface area contributed by atoms with Crippen LogP contribution in [0.1, 0.15) is 31.4 Å². The average Bonchev–Trinajstić information content (AvgIpc) is 2.77. The molecule has 0 saturated heterocycles. The molecule has 7 nitrogen and oxygen atoms in total. The SMILES string of the molecule is CCNC(=O)[C@@H](CC)N(Cc1ccc(Cl)cc1)C(=O)CN(c1ccc(Cl)c(C(F)(F)F)c1)S(C)(=O)=O. The third-order valence-electron chi connectivity index (χ3n) is 5.23. The van der Waals surface area contributed by atoms with E-state index in [2.05, 4.69) is 5.32 Å². The second kappa shape index (κ2) is 12.2. The molecule has 0 bridgehead atoms. The lowest BCUT2D eigenvalue weighted by molar-refractivity contribution is -0.140. The van der Waals surface area contributed by atoms with E-state index < -0.39 is 51.2 Å². The second-order valence-corrected chi connectivity index (χ2v) is 10.6. The summed E-state index contributed by atoms with van der Waals surface area (Å²) in [4.78, 5) is 27.4. The Labute approximate surface area is 218 Å². The molecule has 0 fully saturated rings. The van der Waals surface area contributed by atoms with Gasteiger partial charge in [0.05, 0.1) is 22.5 Å². The Hall–Kier alpha value is -2.50. The molecule has 2 rings (SSSR count). The summed E-state index contributed by atoms with van der Waals surface area (Å²) in [5.74, 6) is -1.23. The van der Waals surface area contributed by atoms with Crippen molar-refractivity contribution in [1.29, 1.82) is 0 Å². The monoisotopic (exact) mass is 567 g/mol. The standard InChI is InChI=1S/C23H26Cl2F3N3O4S/c1-4-20(22(33)29-5-2)30(13-15-6-8-16(24)9-7-15)21(32)14-31(36(3,34)35)17-10-11-19(25)18(12-17)23(26,27)28/h6-12,20H,4-5,13-14H2,1-3H3,(H,29,33)/t20-/m1/s1. The number of hydrogen-bond donors (Lipinski definition) is 1. The minimum absolute atomic E-state index is 0.0579. The molecule has 0 saturated carbocycles. The van der Waals surface area contributed by atoms with E-state index in [9.17, 15) is 31.2 Å². The zero-order chi connectivity index (χ0) is 27.3. The Kier molecular flexibility index (Phi) is 10.0. The molecule has 2 aromatic rings. The fraction of sp³-hybridized carbons (Fsp3) is 0.391. The number of hydrogen-bond acceptors (Lipinski definition) is 4. The fourth-order valence-electron chi connectivity index (χ4n) is 3.50. The van der Waals surface area contributed by atoms with Gasteiger partial charge in [-0.1, -0.05) is 42.3 Å². The van der Waals surface area contributed by atoms with Crippen molar-refractivity contribution in [2.75, 3.05) is 23.7 Å². The van der Waals surface area contributed by atoms with Crippen LogP contribution >= 0.6 is 23.2 Å². The largest absolute Gasteiger partial charge is 0.417 e. The molecular weight excluding hydrogens is 542 g/mol. The van der Waals surface area contributed by atoms with E-state index in [1.165, 1.54) is 4.90 Å². The van der Waals surface area contributed by atoms with Crippen LogP contribution in [0.15, 0.2) is 42.5 Å². The number of sulfonamides is 1. The first kappa shape index (κ1) is 29.7. The number of carbonyl (C=O) groups is 2. The third kappa shape index (κ3) is 7.75. The number of rotatable bonds is 10. The van der Waals surface area contributed by atoms with Crippen LogP contribution in [0.25, 0.3) is 0 Å². The predicted octanol–water partition coefficient (Wildman–Crippen LogP) is 4.72. The summed E-state index contributed by atoms with van der Waals surface area (Å²) >= 11 is 11.6. The van der Waals surface area contributed by atoms with Gasteiger partial charge >= 0.3 is 6.18 Å². The maximum atomic E-state index is 13.5. The van der Waals surface area contributed by atoms with E-state index in [-0.39, 0.29) is 18.7 Å². The lowest BCUT2D eigenvalue weighted by Crippen LogP contribution is -2.52. The minimum atomic E-state index is -4.84. The van der Waals surface area contributed by atoms with Crippen molar-refractivity contribution in [3.63, 3.8) is 0 Å². The van der Waals surface area contributed by atoms with Crippen molar-refractivity contribution in [2.24, 2.45) is 0 Å². The normalized spacial score (nSPS) is 12.7. The zero-order valence-corrected chi connectivity index (χ0v) is 22.1. The summed E-state index contributed by atoms with van der Waals surface area (Å²) in [5, 5.41) is 2.49. The smallest absolute Gasteiger partial charge is 0.355 e. The van der Waals surface area contributed by atoms with Crippen LogP contribution in [0, 0.1) is 0 Å². The second-order valence-electron chi connectivity index (χ2n) is 7.90. The summed E-state index contributed by atoms with van der Waals surface area (Å²) < 4.78 is 65.8. The van der Waals surface area contributed by atoms with Gasteiger partial charge in [-0.05, 0) is 49.2 Å². The molecular formula is C23H26Cl2F3N3O4S. The van der Waals surface area contributed by atoms with Crippen LogP contribution in [0.2, 0.25) is 10.0 Å². The maximum absolute atomic E-state index is 13.5. The predicted molar refractivity (Wildman–Crippen MR) is 133 cm³/mol. The lowest BCUT2D eigenvalue weighted by atomic mass is 10.1. The quantitative estimate of drug-likeness (QED) is 0.450. The van der Waals surface area contributed by atoms with Gasteiger partial charge in [-0.2, -0.15) is 13.2 Å². The van der Waals surface area contributed by atoms with E-state index in [1.807, 2.05) is 0 Å². The molecule has 2 amide bonds. The summed E-state index contributed by atoms with van der Waals surface area (Å²) in [6.07, 6.45) is -3.86. The molecule has 0 aliphatic carbocycles. The summed E-state index contributed by atoms with van der Waals surface area (Å²) in [6.45, 7) is 2.81. The number of benzene rings is 2. The first-order valence-corrected chi connectivity index (χ1v) is 13.5. The van der Waals surface area contributed by atoms with E-state index >= 15 is 0 Å². The molecule has 1 N–H and O–H groups in total. The van der Waals surface area contributed by atoms with Gasteiger partial charge in [0.2, 0.25) is 21.8 Å². The highest BCUT2D eigenvalue weighted by Gasteiger charge is 2.36. The maximum Gasteiger partial charge on any atom is 0.417 e. The Morgan fingerprint density at radius 3 is 2.17 bits per heavy atom. The Bertz CT molecular complexity index is 1190. The molecule has 1 atom stereocenters. The number of anilines is 1. The van der Waals surface area contributed by atoms with Crippen molar-refractivity contribution in [2.45, 2.75) is 39.0 Å². The van der Waals surface area contributed by atoms with Crippen LogP contribution in [-0.2, 0) is 32.3 Å². The highest BCUT2D eigenvalue weighted by atomic mass is 35.5. The molecule has 13 heteroatoms. The van der Waals surface area contributed by atoms with E-state index in [0.29, 0.717) is 27.5 Å². The first-order chi connectivity index (χ1) is 16.7. The van der Waals surface area contributed by atoms with Crippen LogP contribution in [0.4, 0.5) is 18.9 Å². The molecule has 0 radical (unpaired) electrons. The number of halogens is 5. The van der Waals surface area contributed by atoms with Crippen molar-refractivity contribution in [1.82, 2.24) is 10.2 Å². The van der Waals surface area contributed by atoms with Crippen LogP contribution in [0.3, 0.4) is 0 Å². The minimum Gasteiger partial charge on any atom is -0.355 e. The molecule has 0 heterocycles. The van der Waals surface area contributed by atoms with Crippen molar-refractivity contribution < 1.29 is 31.2 Å². The highest BCUT2D eigenvalue weighted by Crippen LogP contribution is 2.37. The number of nitrogens with zero attached hydrogens (tertiary/aromatic N) is 2.